The van der Waals surface area contributed by atoms with Gasteiger partial charge >= 0.3 is 0 Å². The number of hydrogen-bond donors (Lipinski definition) is 0. The summed E-state index contributed by atoms with van der Waals surface area (Å²) in [4.78, 5) is 12.3. The van der Waals surface area contributed by atoms with Crippen LogP contribution in [0.25, 0.3) is 0 Å². The van der Waals surface area contributed by atoms with E-state index in [1.165, 1.54) is 0 Å². The number of nitrogens with zero attached hydrogens (tertiary/aromatic N) is 1. The lowest BCUT2D eigenvalue weighted by molar-refractivity contribution is 0.0950. The molecule has 1 unspecified atom stereocenters. The molecular formula is C16H15NO3. The van der Waals surface area contributed by atoms with Gasteiger partial charge in [0.1, 0.15) is 17.4 Å². The van der Waals surface area contributed by atoms with Crippen molar-refractivity contribution >= 4 is 5.78 Å². The maximum Gasteiger partial charge on any atom is 0.219 e. The minimum atomic E-state index is -0.893. The molecule has 1 heterocycles. The summed E-state index contributed by atoms with van der Waals surface area (Å²) in [5.41, 5.74) is 1.56. The third-order valence-electron chi connectivity index (χ3n) is 3.14. The van der Waals surface area contributed by atoms with Crippen LogP contribution in [0.3, 0.4) is 0 Å². The van der Waals surface area contributed by atoms with E-state index >= 15 is 0 Å². The number of benzene rings is 1. The minimum absolute atomic E-state index is 0.202. The van der Waals surface area contributed by atoms with Gasteiger partial charge in [-0.05, 0) is 43.2 Å². The van der Waals surface area contributed by atoms with Crippen LogP contribution in [-0.2, 0) is 0 Å². The van der Waals surface area contributed by atoms with Crippen molar-refractivity contribution in [3.05, 3.63) is 53.0 Å². The molecule has 102 valence electrons. The summed E-state index contributed by atoms with van der Waals surface area (Å²) in [5, 5.41) is 9.30. The number of carbonyl (C=O) groups is 1. The highest BCUT2D eigenvalue weighted by atomic mass is 16.5. The lowest BCUT2D eigenvalue weighted by atomic mass is 9.94. The van der Waals surface area contributed by atoms with Crippen LogP contribution in [0.5, 0.6) is 5.75 Å². The predicted molar refractivity (Wildman–Crippen MR) is 73.9 cm³/mol. The summed E-state index contributed by atoms with van der Waals surface area (Å²) in [7, 11) is 1.56. The van der Waals surface area contributed by atoms with Crippen molar-refractivity contribution < 1.29 is 13.9 Å². The largest absolute Gasteiger partial charge is 0.496 e. The molecule has 0 fully saturated rings. The van der Waals surface area contributed by atoms with Crippen molar-refractivity contribution in [1.29, 1.82) is 5.26 Å². The predicted octanol–water partition coefficient (Wildman–Crippen LogP) is 3.40. The molecule has 2 rings (SSSR count). The molecule has 20 heavy (non-hydrogen) atoms. The molecule has 1 aromatic heterocycles. The quantitative estimate of drug-likeness (QED) is 0.798. The zero-order chi connectivity index (χ0) is 14.7. The Morgan fingerprint density at radius 2 is 2.05 bits per heavy atom. The molecule has 0 aliphatic carbocycles. The van der Waals surface area contributed by atoms with Crippen molar-refractivity contribution in [3.63, 3.8) is 0 Å². The first-order valence-electron chi connectivity index (χ1n) is 6.21. The molecule has 4 nitrogen and oxygen atoms in total. The van der Waals surface area contributed by atoms with Crippen molar-refractivity contribution in [2.45, 2.75) is 19.8 Å². The van der Waals surface area contributed by atoms with E-state index in [2.05, 4.69) is 0 Å². The monoisotopic (exact) mass is 269 g/mol. The number of nitriles is 1. The molecule has 1 atom stereocenters. The summed E-state index contributed by atoms with van der Waals surface area (Å²) < 4.78 is 10.5. The van der Waals surface area contributed by atoms with Crippen LogP contribution >= 0.6 is 0 Å². The normalized spacial score (nSPS) is 11.7. The first-order chi connectivity index (χ1) is 9.56. The van der Waals surface area contributed by atoms with Crippen LogP contribution < -0.4 is 4.74 Å². The lowest BCUT2D eigenvalue weighted by Crippen LogP contribution is -2.10. The third kappa shape index (κ3) is 2.57. The van der Waals surface area contributed by atoms with Gasteiger partial charge in [0, 0.05) is 0 Å². The summed E-state index contributed by atoms with van der Waals surface area (Å²) in [6.45, 7) is 3.66. The minimum Gasteiger partial charge on any atom is -0.496 e. The molecule has 0 bridgehead atoms. The Kier molecular flexibility index (Phi) is 3.90. The number of carbonyl (C=O) groups excluding carboxylic acids is 1. The Balaban J connectivity index is 2.38. The molecule has 0 aliphatic heterocycles. The Morgan fingerprint density at radius 3 is 2.60 bits per heavy atom. The van der Waals surface area contributed by atoms with Crippen molar-refractivity contribution in [1.82, 2.24) is 0 Å². The summed E-state index contributed by atoms with van der Waals surface area (Å²) >= 11 is 0. The number of Topliss-reactive ketones (excluding diaryl/α,β-unsaturated/α-hetero) is 1. The van der Waals surface area contributed by atoms with Gasteiger partial charge in [-0.1, -0.05) is 12.1 Å². The van der Waals surface area contributed by atoms with Crippen LogP contribution in [0.2, 0.25) is 0 Å². The highest BCUT2D eigenvalue weighted by molar-refractivity contribution is 6.00. The Labute approximate surface area is 117 Å². The number of rotatable bonds is 4. The first kappa shape index (κ1) is 13.9. The summed E-state index contributed by atoms with van der Waals surface area (Å²) in [6, 6.07) is 10.6. The van der Waals surface area contributed by atoms with Gasteiger partial charge in [-0.15, -0.1) is 0 Å². The van der Waals surface area contributed by atoms with E-state index in [9.17, 15) is 10.1 Å². The highest BCUT2D eigenvalue weighted by Crippen LogP contribution is 2.27. The van der Waals surface area contributed by atoms with E-state index < -0.39 is 5.92 Å². The van der Waals surface area contributed by atoms with Gasteiger partial charge in [-0.25, -0.2) is 0 Å². The second-order valence-electron chi connectivity index (χ2n) is 4.57. The van der Waals surface area contributed by atoms with Gasteiger partial charge in [0.05, 0.1) is 13.2 Å². The van der Waals surface area contributed by atoms with Gasteiger partial charge in [-0.2, -0.15) is 5.26 Å². The average molecular weight is 269 g/mol. The molecule has 0 saturated heterocycles. The number of aryl methyl sites for hydroxylation is 2. The zero-order valence-corrected chi connectivity index (χ0v) is 11.6. The fourth-order valence-corrected chi connectivity index (χ4v) is 2.01. The Bertz CT molecular complexity index is 679. The summed E-state index contributed by atoms with van der Waals surface area (Å²) in [5.74, 6) is 0.271. The van der Waals surface area contributed by atoms with Crippen molar-refractivity contribution in [3.8, 4) is 11.8 Å². The van der Waals surface area contributed by atoms with E-state index in [-0.39, 0.29) is 11.5 Å². The zero-order valence-electron chi connectivity index (χ0n) is 11.6. The van der Waals surface area contributed by atoms with Gasteiger partial charge in [-0.3, -0.25) is 4.79 Å². The highest BCUT2D eigenvalue weighted by Gasteiger charge is 2.25. The molecule has 2 aromatic rings. The van der Waals surface area contributed by atoms with Crippen molar-refractivity contribution in [2.24, 2.45) is 0 Å². The molecule has 0 radical (unpaired) electrons. The molecule has 4 heteroatoms. The molecule has 0 N–H and O–H groups in total. The molecule has 0 aliphatic rings. The van der Waals surface area contributed by atoms with Gasteiger partial charge in [0.2, 0.25) is 5.78 Å². The topological polar surface area (TPSA) is 63.2 Å². The molecule has 0 amide bonds. The first-order valence-corrected chi connectivity index (χ1v) is 6.21. The SMILES string of the molecule is COc1cc(C(C#N)C(=O)c2ccc(C)o2)ccc1C. The average Bonchev–Trinajstić information content (AvgIpc) is 2.88. The Morgan fingerprint density at radius 1 is 1.30 bits per heavy atom. The smallest absolute Gasteiger partial charge is 0.219 e. The van der Waals surface area contributed by atoms with Gasteiger partial charge in [0.15, 0.2) is 5.76 Å². The second-order valence-corrected chi connectivity index (χ2v) is 4.57. The van der Waals surface area contributed by atoms with Crippen LogP contribution in [0.1, 0.15) is 33.4 Å². The van der Waals surface area contributed by atoms with E-state index in [0.717, 1.165) is 5.56 Å². The van der Waals surface area contributed by atoms with Crippen LogP contribution in [0.15, 0.2) is 34.7 Å². The molecule has 1 aromatic carbocycles. The molecule has 0 saturated carbocycles. The second kappa shape index (κ2) is 5.62. The van der Waals surface area contributed by atoms with E-state index in [0.29, 0.717) is 17.1 Å². The van der Waals surface area contributed by atoms with E-state index in [1.807, 2.05) is 19.1 Å². The standard InChI is InChI=1S/C16H15NO3/c1-10-4-6-12(8-15(10)19-3)13(9-17)16(18)14-7-5-11(2)20-14/h4-8,13H,1-3H3. The molecular weight excluding hydrogens is 254 g/mol. The summed E-state index contributed by atoms with van der Waals surface area (Å²) in [6.07, 6.45) is 0. The lowest BCUT2D eigenvalue weighted by Gasteiger charge is -2.10. The number of ketones is 1. The fraction of sp³-hybridized carbons (Fsp3) is 0.250. The van der Waals surface area contributed by atoms with E-state index in [4.69, 9.17) is 9.15 Å². The number of hydrogen-bond acceptors (Lipinski definition) is 4. The molecule has 0 spiro atoms. The number of furan rings is 1. The van der Waals surface area contributed by atoms with Crippen LogP contribution in [-0.4, -0.2) is 12.9 Å². The van der Waals surface area contributed by atoms with Crippen LogP contribution in [0, 0.1) is 25.2 Å². The van der Waals surface area contributed by atoms with Gasteiger partial charge < -0.3 is 9.15 Å². The third-order valence-corrected chi connectivity index (χ3v) is 3.14. The number of methoxy groups -OCH3 is 1. The maximum absolute atomic E-state index is 12.3. The van der Waals surface area contributed by atoms with Crippen molar-refractivity contribution in [2.75, 3.05) is 7.11 Å². The Hall–Kier alpha value is -2.54. The number of ether oxygens (including phenoxy) is 1. The van der Waals surface area contributed by atoms with Gasteiger partial charge in [0.25, 0.3) is 0 Å². The maximum atomic E-state index is 12.3. The fourth-order valence-electron chi connectivity index (χ4n) is 2.01. The van der Waals surface area contributed by atoms with Crippen LogP contribution in [0.4, 0.5) is 0 Å². The van der Waals surface area contributed by atoms with E-state index in [1.54, 1.807) is 38.3 Å².